The van der Waals surface area contributed by atoms with Crippen molar-refractivity contribution in [3.05, 3.63) is 70.8 Å². The zero-order chi connectivity index (χ0) is 20.0. The minimum Gasteiger partial charge on any atom is -0.334 e. The number of hydrogen-bond acceptors (Lipinski definition) is 2. The van der Waals surface area contributed by atoms with Crippen LogP contribution in [0.25, 0.3) is 0 Å². The van der Waals surface area contributed by atoms with E-state index in [1.54, 1.807) is 11.0 Å². The van der Waals surface area contributed by atoms with Gasteiger partial charge in [0.25, 0.3) is 0 Å². The van der Waals surface area contributed by atoms with Crippen molar-refractivity contribution >= 4 is 6.03 Å². The van der Waals surface area contributed by atoms with Gasteiger partial charge in [0.2, 0.25) is 0 Å². The number of benzene rings is 2. The molecule has 3 saturated heterocycles. The van der Waals surface area contributed by atoms with Crippen molar-refractivity contribution in [1.82, 2.24) is 15.1 Å². The number of hydrogen-bond donors (Lipinski definition) is 1. The van der Waals surface area contributed by atoms with E-state index in [0.29, 0.717) is 18.0 Å². The summed E-state index contributed by atoms with van der Waals surface area (Å²) in [4.78, 5) is 17.5. The van der Waals surface area contributed by atoms with Crippen LogP contribution in [-0.2, 0) is 6.42 Å². The van der Waals surface area contributed by atoms with Gasteiger partial charge in [0.15, 0.2) is 11.6 Å². The number of nitrogens with zero attached hydrogens (tertiary/aromatic N) is 2. The lowest BCUT2D eigenvalue weighted by Crippen LogP contribution is -2.59. The van der Waals surface area contributed by atoms with Gasteiger partial charge >= 0.3 is 6.03 Å². The van der Waals surface area contributed by atoms with Crippen LogP contribution in [0.2, 0.25) is 0 Å². The Kier molecular flexibility index (Phi) is 4.74. The highest BCUT2D eigenvalue weighted by atomic mass is 19.2. The van der Waals surface area contributed by atoms with Crippen LogP contribution in [0, 0.1) is 17.6 Å². The third-order valence-corrected chi connectivity index (χ3v) is 6.77. The Morgan fingerprint density at radius 1 is 1.00 bits per heavy atom. The van der Waals surface area contributed by atoms with Gasteiger partial charge in [-0.1, -0.05) is 30.3 Å². The second-order valence-electron chi connectivity index (χ2n) is 8.41. The zero-order valence-electron chi connectivity index (χ0n) is 16.3. The van der Waals surface area contributed by atoms with Gasteiger partial charge in [-0.3, -0.25) is 0 Å². The summed E-state index contributed by atoms with van der Waals surface area (Å²) in [5.41, 5.74) is 2.73. The van der Waals surface area contributed by atoms with Crippen molar-refractivity contribution in [1.29, 1.82) is 0 Å². The smallest absolute Gasteiger partial charge is 0.318 e. The van der Waals surface area contributed by atoms with Gasteiger partial charge in [-0.25, -0.2) is 13.6 Å². The molecule has 0 aromatic heterocycles. The average molecular weight is 397 g/mol. The van der Waals surface area contributed by atoms with Gasteiger partial charge in [0, 0.05) is 19.1 Å². The van der Waals surface area contributed by atoms with Crippen LogP contribution in [0.3, 0.4) is 0 Å². The summed E-state index contributed by atoms with van der Waals surface area (Å²) in [6, 6.07) is 11.5. The van der Waals surface area contributed by atoms with Gasteiger partial charge in [-0.05, 0) is 67.1 Å². The van der Waals surface area contributed by atoms with E-state index in [9.17, 15) is 13.6 Å². The quantitative estimate of drug-likeness (QED) is 0.839. The van der Waals surface area contributed by atoms with E-state index in [-0.39, 0.29) is 12.1 Å². The molecule has 4 nitrogen and oxygen atoms in total. The lowest BCUT2D eigenvalue weighted by Gasteiger charge is -2.46. The second-order valence-corrected chi connectivity index (χ2v) is 8.41. The average Bonchev–Trinajstić information content (AvgIpc) is 2.76. The SMILES string of the molecule is O=C(N[C@@H]1CN2CCC1CC2)N1CCc2ccccc2[C@H]1c1ccc(F)c(F)c1. The molecule has 4 aliphatic heterocycles. The molecule has 1 N–H and O–H groups in total. The Balaban J connectivity index is 1.46. The van der Waals surface area contributed by atoms with E-state index in [1.165, 1.54) is 6.07 Å². The third-order valence-electron chi connectivity index (χ3n) is 6.77. The van der Waals surface area contributed by atoms with Crippen LogP contribution in [-0.4, -0.2) is 48.1 Å². The Labute approximate surface area is 169 Å². The Bertz CT molecular complexity index is 926. The van der Waals surface area contributed by atoms with Crippen LogP contribution in [0.1, 0.15) is 35.6 Å². The number of fused-ring (bicyclic) bond motifs is 4. The maximum atomic E-state index is 14.0. The topological polar surface area (TPSA) is 35.6 Å². The highest BCUT2D eigenvalue weighted by Gasteiger charge is 2.38. The van der Waals surface area contributed by atoms with Crippen molar-refractivity contribution in [3.63, 3.8) is 0 Å². The van der Waals surface area contributed by atoms with E-state index in [4.69, 9.17) is 0 Å². The first-order valence-electron chi connectivity index (χ1n) is 10.4. The molecule has 0 spiro atoms. The molecule has 4 heterocycles. The zero-order valence-corrected chi connectivity index (χ0v) is 16.3. The summed E-state index contributed by atoms with van der Waals surface area (Å²) >= 11 is 0. The van der Waals surface area contributed by atoms with Gasteiger partial charge in [-0.15, -0.1) is 0 Å². The number of urea groups is 1. The lowest BCUT2D eigenvalue weighted by atomic mass is 9.84. The molecule has 6 rings (SSSR count). The maximum absolute atomic E-state index is 14.0. The molecular formula is C23H25F2N3O. The summed E-state index contributed by atoms with van der Waals surface area (Å²) in [5.74, 6) is -1.23. The maximum Gasteiger partial charge on any atom is 0.318 e. The summed E-state index contributed by atoms with van der Waals surface area (Å²) in [6.07, 6.45) is 3.00. The molecule has 2 atom stereocenters. The van der Waals surface area contributed by atoms with Gasteiger partial charge in [0.1, 0.15) is 0 Å². The number of piperidine rings is 3. The summed E-state index contributed by atoms with van der Waals surface area (Å²) in [6.45, 7) is 3.68. The molecule has 0 unspecified atom stereocenters. The number of carbonyl (C=O) groups is 1. The Morgan fingerprint density at radius 3 is 2.52 bits per heavy atom. The largest absolute Gasteiger partial charge is 0.334 e. The highest BCUT2D eigenvalue weighted by molar-refractivity contribution is 5.76. The molecule has 2 aromatic carbocycles. The number of carbonyl (C=O) groups excluding carboxylic acids is 1. The molecule has 152 valence electrons. The summed E-state index contributed by atoms with van der Waals surface area (Å²) < 4.78 is 27.6. The molecule has 4 aliphatic rings. The minimum atomic E-state index is -0.886. The van der Waals surface area contributed by atoms with E-state index in [2.05, 4.69) is 10.2 Å². The first kappa shape index (κ1) is 18.6. The predicted molar refractivity (Wildman–Crippen MR) is 107 cm³/mol. The van der Waals surface area contributed by atoms with Crippen LogP contribution >= 0.6 is 0 Å². The molecule has 29 heavy (non-hydrogen) atoms. The third kappa shape index (κ3) is 3.39. The first-order chi connectivity index (χ1) is 14.1. The van der Waals surface area contributed by atoms with Crippen molar-refractivity contribution in [2.75, 3.05) is 26.2 Å². The molecule has 6 heteroatoms. The second kappa shape index (κ2) is 7.41. The predicted octanol–water partition coefficient (Wildman–Crippen LogP) is 3.72. The monoisotopic (exact) mass is 397 g/mol. The Hall–Kier alpha value is -2.47. The molecule has 0 saturated carbocycles. The highest BCUT2D eigenvalue weighted by Crippen LogP contribution is 2.36. The van der Waals surface area contributed by atoms with Crippen molar-refractivity contribution in [3.8, 4) is 0 Å². The summed E-state index contributed by atoms with van der Waals surface area (Å²) in [7, 11) is 0. The molecule has 2 bridgehead atoms. The number of amides is 2. The van der Waals surface area contributed by atoms with Crippen LogP contribution in [0.15, 0.2) is 42.5 Å². The minimum absolute atomic E-state index is 0.118. The molecule has 2 aromatic rings. The number of nitrogens with one attached hydrogen (secondary N) is 1. The normalized spacial score (nSPS) is 28.1. The van der Waals surface area contributed by atoms with Crippen LogP contribution < -0.4 is 5.32 Å². The van der Waals surface area contributed by atoms with Crippen LogP contribution in [0.5, 0.6) is 0 Å². The van der Waals surface area contributed by atoms with Crippen molar-refractivity contribution in [2.24, 2.45) is 5.92 Å². The Morgan fingerprint density at radius 2 is 1.79 bits per heavy atom. The van der Waals surface area contributed by atoms with E-state index >= 15 is 0 Å². The molecule has 0 aliphatic carbocycles. The molecule has 3 fully saturated rings. The fourth-order valence-corrected chi connectivity index (χ4v) is 5.20. The van der Waals surface area contributed by atoms with Crippen molar-refractivity contribution < 1.29 is 13.6 Å². The fraction of sp³-hybridized carbons (Fsp3) is 0.435. The standard InChI is InChI=1S/C23H25F2N3O/c24-19-6-5-17(13-20(19)25)22-18-4-2-1-3-15(18)9-12-28(22)23(29)26-21-14-27-10-7-16(21)8-11-27/h1-6,13,16,21-22H,7-12,14H2,(H,26,29)/t21-,22-/m1/s1. The van der Waals surface area contributed by atoms with Crippen LogP contribution in [0.4, 0.5) is 13.6 Å². The lowest BCUT2D eigenvalue weighted by molar-refractivity contribution is 0.0715. The van der Waals surface area contributed by atoms with Gasteiger partial charge < -0.3 is 15.1 Å². The summed E-state index contributed by atoms with van der Waals surface area (Å²) in [5, 5.41) is 3.25. The number of rotatable bonds is 2. The van der Waals surface area contributed by atoms with Gasteiger partial charge in [0.05, 0.1) is 6.04 Å². The number of halogens is 2. The van der Waals surface area contributed by atoms with Gasteiger partial charge in [-0.2, -0.15) is 0 Å². The van der Waals surface area contributed by atoms with E-state index in [0.717, 1.165) is 56.1 Å². The van der Waals surface area contributed by atoms with E-state index in [1.807, 2.05) is 24.3 Å². The molecule has 2 amide bonds. The molecular weight excluding hydrogens is 372 g/mol. The van der Waals surface area contributed by atoms with E-state index < -0.39 is 17.7 Å². The molecule has 0 radical (unpaired) electrons. The van der Waals surface area contributed by atoms with Crippen molar-refractivity contribution in [2.45, 2.75) is 31.3 Å². The first-order valence-corrected chi connectivity index (χ1v) is 10.4. The fourth-order valence-electron chi connectivity index (χ4n) is 5.20.